The number of aliphatic hydroxyl groups excluding tert-OH is 1. The van der Waals surface area contributed by atoms with Crippen LogP contribution >= 0.6 is 11.8 Å². The first kappa shape index (κ1) is 19.4. The fourth-order valence-corrected chi connectivity index (χ4v) is 2.66. The monoisotopic (exact) mass is 350 g/mol. The molecule has 0 aromatic heterocycles. The summed E-state index contributed by atoms with van der Waals surface area (Å²) in [5.41, 5.74) is 5.00. The SMILES string of the molecule is CC(=N)/C(C(C)=O)=C(/O)COC(=O)c1ccccc1SCC(N)=O. The molecule has 128 valence electrons. The highest BCUT2D eigenvalue weighted by Gasteiger charge is 2.17. The Labute approximate surface area is 143 Å². The van der Waals surface area contributed by atoms with E-state index in [1.54, 1.807) is 18.2 Å². The highest BCUT2D eigenvalue weighted by Crippen LogP contribution is 2.23. The van der Waals surface area contributed by atoms with Crippen molar-refractivity contribution in [3.8, 4) is 0 Å². The van der Waals surface area contributed by atoms with Crippen molar-refractivity contribution in [3.05, 3.63) is 41.2 Å². The van der Waals surface area contributed by atoms with Gasteiger partial charge in [-0.15, -0.1) is 11.8 Å². The maximum Gasteiger partial charge on any atom is 0.339 e. The number of nitrogens with two attached hydrogens (primary N) is 1. The molecule has 4 N–H and O–H groups in total. The van der Waals surface area contributed by atoms with E-state index in [9.17, 15) is 19.5 Å². The molecule has 1 aromatic carbocycles. The summed E-state index contributed by atoms with van der Waals surface area (Å²) in [5.74, 6) is -2.20. The second-order valence-electron chi connectivity index (χ2n) is 4.83. The van der Waals surface area contributed by atoms with Gasteiger partial charge in [0, 0.05) is 10.6 Å². The molecule has 0 fully saturated rings. The minimum atomic E-state index is -0.723. The molecule has 0 atom stereocenters. The molecule has 0 heterocycles. The van der Waals surface area contributed by atoms with Crippen molar-refractivity contribution in [2.75, 3.05) is 12.4 Å². The number of hydrogen-bond acceptors (Lipinski definition) is 7. The van der Waals surface area contributed by atoms with Crippen LogP contribution in [0.25, 0.3) is 0 Å². The third-order valence-electron chi connectivity index (χ3n) is 2.83. The van der Waals surface area contributed by atoms with Crippen molar-refractivity contribution in [1.82, 2.24) is 0 Å². The number of amides is 1. The summed E-state index contributed by atoms with van der Waals surface area (Å²) in [7, 11) is 0. The molecule has 0 spiro atoms. The van der Waals surface area contributed by atoms with Gasteiger partial charge in [0.1, 0.15) is 12.4 Å². The van der Waals surface area contributed by atoms with Crippen LogP contribution in [-0.4, -0.2) is 40.8 Å². The van der Waals surface area contributed by atoms with Crippen molar-refractivity contribution < 1.29 is 24.2 Å². The van der Waals surface area contributed by atoms with Gasteiger partial charge < -0.3 is 21.0 Å². The van der Waals surface area contributed by atoms with E-state index in [-0.39, 0.29) is 22.6 Å². The molecule has 0 saturated carbocycles. The van der Waals surface area contributed by atoms with Crippen molar-refractivity contribution in [3.63, 3.8) is 0 Å². The van der Waals surface area contributed by atoms with Gasteiger partial charge in [0.2, 0.25) is 5.91 Å². The maximum atomic E-state index is 12.2. The predicted octanol–water partition coefficient (Wildman–Crippen LogP) is 1.86. The van der Waals surface area contributed by atoms with Crippen LogP contribution in [0.15, 0.2) is 40.5 Å². The van der Waals surface area contributed by atoms with Gasteiger partial charge in [-0.3, -0.25) is 9.59 Å². The van der Waals surface area contributed by atoms with Crippen LogP contribution in [0.2, 0.25) is 0 Å². The molecule has 0 aliphatic heterocycles. The zero-order valence-electron chi connectivity index (χ0n) is 13.3. The first-order chi connectivity index (χ1) is 11.2. The summed E-state index contributed by atoms with van der Waals surface area (Å²) in [6.07, 6.45) is 0. The molecule has 0 radical (unpaired) electrons. The minimum Gasteiger partial charge on any atom is -0.508 e. The summed E-state index contributed by atoms with van der Waals surface area (Å²) >= 11 is 1.10. The summed E-state index contributed by atoms with van der Waals surface area (Å²) in [6, 6.07) is 6.48. The Kier molecular flexibility index (Phi) is 7.19. The standard InChI is InChI=1S/C16H18N2O5S/c1-9(17)15(10(2)19)12(20)7-23-16(22)11-5-3-4-6-13(11)24-8-14(18)21/h3-6,17,20H,7-8H2,1-2H3,(H2,18,21)/b15-12-,17-9?. The molecule has 0 unspecified atom stereocenters. The van der Waals surface area contributed by atoms with Crippen LogP contribution in [0.3, 0.4) is 0 Å². The van der Waals surface area contributed by atoms with Gasteiger partial charge >= 0.3 is 5.97 Å². The summed E-state index contributed by atoms with van der Waals surface area (Å²) in [6.45, 7) is 2.03. The van der Waals surface area contributed by atoms with Crippen molar-refractivity contribution >= 4 is 35.1 Å². The molecule has 1 aromatic rings. The number of aliphatic hydroxyl groups is 1. The second kappa shape index (κ2) is 8.88. The molecule has 1 rings (SSSR count). The Balaban J connectivity index is 2.89. The van der Waals surface area contributed by atoms with E-state index in [1.165, 1.54) is 19.9 Å². The summed E-state index contributed by atoms with van der Waals surface area (Å²) in [5, 5.41) is 17.3. The Morgan fingerprint density at radius 3 is 2.42 bits per heavy atom. The fourth-order valence-electron chi connectivity index (χ4n) is 1.88. The van der Waals surface area contributed by atoms with Gasteiger partial charge in [-0.25, -0.2) is 4.79 Å². The van der Waals surface area contributed by atoms with Crippen LogP contribution in [0.5, 0.6) is 0 Å². The van der Waals surface area contributed by atoms with Gasteiger partial charge in [0.15, 0.2) is 5.78 Å². The lowest BCUT2D eigenvalue weighted by Crippen LogP contribution is -2.16. The van der Waals surface area contributed by atoms with Crippen LogP contribution in [0.1, 0.15) is 24.2 Å². The highest BCUT2D eigenvalue weighted by molar-refractivity contribution is 8.00. The molecular formula is C16H18N2O5S. The third kappa shape index (κ3) is 5.54. The molecule has 0 bridgehead atoms. The first-order valence-corrected chi connectivity index (χ1v) is 7.88. The maximum absolute atomic E-state index is 12.2. The third-order valence-corrected chi connectivity index (χ3v) is 3.93. The Morgan fingerprint density at radius 1 is 1.25 bits per heavy atom. The van der Waals surface area contributed by atoms with Crippen molar-refractivity contribution in [2.24, 2.45) is 5.73 Å². The average molecular weight is 350 g/mol. The highest BCUT2D eigenvalue weighted by atomic mass is 32.2. The first-order valence-electron chi connectivity index (χ1n) is 6.89. The lowest BCUT2D eigenvalue weighted by Gasteiger charge is -2.10. The Hall–Kier alpha value is -2.61. The number of nitrogens with one attached hydrogen (secondary N) is 1. The van der Waals surface area contributed by atoms with Crippen LogP contribution in [0.4, 0.5) is 0 Å². The van der Waals surface area contributed by atoms with Crippen LogP contribution < -0.4 is 5.73 Å². The predicted molar refractivity (Wildman–Crippen MR) is 90.4 cm³/mol. The number of Topliss-reactive ketones (excluding diaryl/α,β-unsaturated/α-hetero) is 1. The fraction of sp³-hybridized carbons (Fsp3) is 0.250. The van der Waals surface area contributed by atoms with E-state index in [1.807, 2.05) is 0 Å². The number of ketones is 1. The van der Waals surface area contributed by atoms with Crippen LogP contribution in [0, 0.1) is 5.41 Å². The largest absolute Gasteiger partial charge is 0.508 e. The minimum absolute atomic E-state index is 0.0108. The van der Waals surface area contributed by atoms with Gasteiger partial charge in [-0.1, -0.05) is 12.1 Å². The lowest BCUT2D eigenvalue weighted by molar-refractivity contribution is -0.115. The van der Waals surface area contributed by atoms with E-state index >= 15 is 0 Å². The second-order valence-corrected chi connectivity index (χ2v) is 5.85. The van der Waals surface area contributed by atoms with Gasteiger partial charge in [-0.2, -0.15) is 0 Å². The van der Waals surface area contributed by atoms with Gasteiger partial charge in [-0.05, 0) is 26.0 Å². The number of rotatable bonds is 8. The zero-order valence-corrected chi connectivity index (χ0v) is 14.1. The molecule has 7 nitrogen and oxygen atoms in total. The number of allylic oxidation sites excluding steroid dienone is 1. The van der Waals surface area contributed by atoms with E-state index in [0.29, 0.717) is 4.90 Å². The number of ether oxygens (including phenoxy) is 1. The topological polar surface area (TPSA) is 131 Å². The van der Waals surface area contributed by atoms with E-state index in [2.05, 4.69) is 0 Å². The summed E-state index contributed by atoms with van der Waals surface area (Å²) in [4.78, 5) is 34.9. The number of carbonyl (C=O) groups excluding carboxylic acids is 3. The number of hydrogen-bond donors (Lipinski definition) is 3. The van der Waals surface area contributed by atoms with Gasteiger partial charge in [0.25, 0.3) is 0 Å². The average Bonchev–Trinajstić information content (AvgIpc) is 2.50. The number of carbonyl (C=O) groups is 3. The normalized spacial score (nSPS) is 11.4. The van der Waals surface area contributed by atoms with E-state index in [4.69, 9.17) is 15.9 Å². The Bertz CT molecular complexity index is 696. The Morgan fingerprint density at radius 2 is 1.88 bits per heavy atom. The molecule has 0 aliphatic carbocycles. The zero-order chi connectivity index (χ0) is 18.3. The smallest absolute Gasteiger partial charge is 0.339 e. The van der Waals surface area contributed by atoms with E-state index < -0.39 is 30.0 Å². The molecule has 1 amide bonds. The summed E-state index contributed by atoms with van der Waals surface area (Å²) < 4.78 is 4.99. The van der Waals surface area contributed by atoms with Crippen LogP contribution in [-0.2, 0) is 14.3 Å². The lowest BCUT2D eigenvalue weighted by atomic mass is 10.1. The van der Waals surface area contributed by atoms with E-state index in [0.717, 1.165) is 11.8 Å². The molecule has 24 heavy (non-hydrogen) atoms. The molecule has 0 saturated heterocycles. The number of benzene rings is 1. The number of esters is 1. The number of thioether (sulfide) groups is 1. The molecular weight excluding hydrogens is 332 g/mol. The number of primary amides is 1. The van der Waals surface area contributed by atoms with Crippen molar-refractivity contribution in [2.45, 2.75) is 18.7 Å². The molecule has 0 aliphatic rings. The molecule has 8 heteroatoms. The van der Waals surface area contributed by atoms with Gasteiger partial charge in [0.05, 0.1) is 16.9 Å². The van der Waals surface area contributed by atoms with Crippen molar-refractivity contribution in [1.29, 1.82) is 5.41 Å². The quantitative estimate of drug-likeness (QED) is 0.216.